The van der Waals surface area contributed by atoms with Crippen molar-refractivity contribution in [3.05, 3.63) is 71.8 Å². The summed E-state index contributed by atoms with van der Waals surface area (Å²) in [6.45, 7) is -0.750. The Kier molecular flexibility index (Phi) is 7.92. The molecule has 0 aromatic heterocycles. The summed E-state index contributed by atoms with van der Waals surface area (Å²) < 4.78 is 161. The molecule has 0 saturated carbocycles. The molecule has 0 spiro atoms. The summed E-state index contributed by atoms with van der Waals surface area (Å²) in [5, 5.41) is 11.3. The lowest BCUT2D eigenvalue weighted by molar-refractivity contribution is -0.274. The van der Waals surface area contributed by atoms with Gasteiger partial charge in [0.25, 0.3) is 0 Å². The summed E-state index contributed by atoms with van der Waals surface area (Å²) in [7, 11) is -4.49. The summed E-state index contributed by atoms with van der Waals surface area (Å²) >= 11 is 0. The molecule has 18 heteroatoms. The molecule has 5 rings (SSSR count). The number of halogens is 9. The second-order valence-corrected chi connectivity index (χ2v) is 11.4. The highest BCUT2D eigenvalue weighted by Gasteiger charge is 2.44. The molecule has 0 radical (unpaired) electrons. The largest absolute Gasteiger partial charge is 0.573 e. The number of anilines is 2. The molecule has 0 unspecified atom stereocenters. The number of hydrogen-bond donors (Lipinski definition) is 2. The zero-order valence-electron chi connectivity index (χ0n) is 21.7. The van der Waals surface area contributed by atoms with Crippen LogP contribution in [0.3, 0.4) is 0 Å². The third-order valence-corrected chi connectivity index (χ3v) is 8.22. The minimum atomic E-state index is -5.02. The standard InChI is InChI=1S/C26H19F9N2O6S/c27-24(28,29)13-1-7-18-21(9-13)42-22-10-14(25(30,31)32)2-8-19(22)37(18)20-12-41-11-17(23(20)38)36-44(39,40)16-5-3-15(4-6-16)43-26(33,34)35/h1-10,17,20,23,36,38H,11-12H2/t17-,20+,23+/m1/s1. The van der Waals surface area contributed by atoms with E-state index in [0.29, 0.717) is 24.3 Å². The molecule has 0 aliphatic carbocycles. The minimum Gasteiger partial charge on any atom is -0.453 e. The van der Waals surface area contributed by atoms with Gasteiger partial charge in [-0.1, -0.05) is 0 Å². The van der Waals surface area contributed by atoms with Gasteiger partial charge in [-0.15, -0.1) is 13.2 Å². The summed E-state index contributed by atoms with van der Waals surface area (Å²) in [5.74, 6) is -1.66. The zero-order valence-corrected chi connectivity index (χ0v) is 22.5. The zero-order chi connectivity index (χ0) is 32.2. The Hall–Kier alpha value is -3.74. The average molecular weight is 658 g/mol. The number of aliphatic hydroxyl groups is 1. The van der Waals surface area contributed by atoms with Gasteiger partial charge in [0, 0.05) is 0 Å². The number of sulfonamides is 1. The van der Waals surface area contributed by atoms with Crippen molar-refractivity contribution in [3.8, 4) is 17.2 Å². The van der Waals surface area contributed by atoms with E-state index in [0.717, 1.165) is 36.4 Å². The van der Waals surface area contributed by atoms with Crippen LogP contribution in [0.1, 0.15) is 11.1 Å². The molecule has 1 fully saturated rings. The Balaban J connectivity index is 1.47. The van der Waals surface area contributed by atoms with Crippen LogP contribution >= 0.6 is 0 Å². The fourth-order valence-electron chi connectivity index (χ4n) is 4.75. The van der Waals surface area contributed by atoms with Crippen molar-refractivity contribution in [1.82, 2.24) is 4.72 Å². The van der Waals surface area contributed by atoms with Crippen LogP contribution < -0.4 is 19.1 Å². The first-order valence-corrected chi connectivity index (χ1v) is 13.9. The van der Waals surface area contributed by atoms with Crippen molar-refractivity contribution in [2.45, 2.75) is 41.8 Å². The maximum absolute atomic E-state index is 13.4. The number of aliphatic hydroxyl groups excluding tert-OH is 1. The van der Waals surface area contributed by atoms with Gasteiger partial charge in [-0.2, -0.15) is 26.3 Å². The molecule has 2 heterocycles. The van der Waals surface area contributed by atoms with E-state index in [1.807, 2.05) is 0 Å². The molecule has 2 N–H and O–H groups in total. The summed E-state index contributed by atoms with van der Waals surface area (Å²) in [4.78, 5) is 0.700. The van der Waals surface area contributed by atoms with Gasteiger partial charge in [0.2, 0.25) is 10.0 Å². The number of ether oxygens (including phenoxy) is 3. The van der Waals surface area contributed by atoms with E-state index in [9.17, 15) is 53.0 Å². The van der Waals surface area contributed by atoms with Crippen molar-refractivity contribution in [2.24, 2.45) is 0 Å². The smallest absolute Gasteiger partial charge is 0.453 e. The van der Waals surface area contributed by atoms with Gasteiger partial charge in [-0.05, 0) is 60.7 Å². The maximum Gasteiger partial charge on any atom is 0.573 e. The van der Waals surface area contributed by atoms with Crippen molar-refractivity contribution in [1.29, 1.82) is 0 Å². The van der Waals surface area contributed by atoms with Crippen LogP contribution in [0, 0.1) is 0 Å². The number of nitrogens with zero attached hydrogens (tertiary/aromatic N) is 1. The Labute approximate surface area is 242 Å². The number of rotatable bonds is 5. The first-order valence-electron chi connectivity index (χ1n) is 12.4. The first-order chi connectivity index (χ1) is 20.3. The van der Waals surface area contributed by atoms with Crippen molar-refractivity contribution in [3.63, 3.8) is 0 Å². The van der Waals surface area contributed by atoms with E-state index in [1.54, 1.807) is 0 Å². The molecular formula is C26H19F9N2O6S. The number of fused-ring (bicyclic) bond motifs is 2. The van der Waals surface area contributed by atoms with Gasteiger partial charge in [0.1, 0.15) is 5.75 Å². The Morgan fingerprint density at radius 2 is 1.32 bits per heavy atom. The fraction of sp³-hybridized carbons (Fsp3) is 0.308. The lowest BCUT2D eigenvalue weighted by Gasteiger charge is -2.44. The van der Waals surface area contributed by atoms with Gasteiger partial charge in [0.15, 0.2) is 11.5 Å². The molecule has 3 atom stereocenters. The second kappa shape index (κ2) is 11.0. The Bertz CT molecular complexity index is 1580. The molecule has 44 heavy (non-hydrogen) atoms. The molecule has 1 saturated heterocycles. The van der Waals surface area contributed by atoms with E-state index >= 15 is 0 Å². The summed E-state index contributed by atoms with van der Waals surface area (Å²) in [6, 6.07) is 5.01. The molecule has 3 aromatic rings. The van der Waals surface area contributed by atoms with Crippen LogP contribution in [0.2, 0.25) is 0 Å². The molecule has 8 nitrogen and oxygen atoms in total. The predicted molar refractivity (Wildman–Crippen MR) is 133 cm³/mol. The fourth-order valence-corrected chi connectivity index (χ4v) is 5.98. The number of benzene rings is 3. The van der Waals surface area contributed by atoms with E-state index in [2.05, 4.69) is 9.46 Å². The maximum atomic E-state index is 13.4. The van der Waals surface area contributed by atoms with Crippen molar-refractivity contribution < 1.29 is 67.2 Å². The normalized spacial score (nSPS) is 20.9. The quantitative estimate of drug-likeness (QED) is 0.326. The van der Waals surface area contributed by atoms with Gasteiger partial charge < -0.3 is 24.2 Å². The SMILES string of the molecule is O=S(=O)(N[C@@H]1COC[C@H](N2c3ccc(C(F)(F)F)cc3Oc3cc(C(F)(F)F)ccc32)[C@H]1O)c1ccc(OC(F)(F)F)cc1. The van der Waals surface area contributed by atoms with Crippen LogP contribution in [-0.2, 0) is 27.1 Å². The minimum absolute atomic E-state index is 0.0818. The highest BCUT2D eigenvalue weighted by atomic mass is 32.2. The first kappa shape index (κ1) is 31.7. The highest BCUT2D eigenvalue weighted by Crippen LogP contribution is 2.51. The summed E-state index contributed by atoms with van der Waals surface area (Å²) in [5.41, 5.74) is -2.49. The van der Waals surface area contributed by atoms with E-state index in [4.69, 9.17) is 9.47 Å². The Morgan fingerprint density at radius 1 is 0.795 bits per heavy atom. The second-order valence-electron chi connectivity index (χ2n) is 9.67. The lowest BCUT2D eigenvalue weighted by Crippen LogP contribution is -2.60. The van der Waals surface area contributed by atoms with Crippen LogP contribution in [0.25, 0.3) is 0 Å². The van der Waals surface area contributed by atoms with Gasteiger partial charge in [0.05, 0.1) is 58.8 Å². The monoisotopic (exact) mass is 658 g/mol. The van der Waals surface area contributed by atoms with Crippen LogP contribution in [-0.4, -0.2) is 51.3 Å². The number of alkyl halides is 9. The lowest BCUT2D eigenvalue weighted by atomic mass is 9.97. The average Bonchev–Trinajstić information content (AvgIpc) is 2.91. The molecule has 0 bridgehead atoms. The highest BCUT2D eigenvalue weighted by molar-refractivity contribution is 7.89. The number of hydrogen-bond acceptors (Lipinski definition) is 7. The van der Waals surface area contributed by atoms with Gasteiger partial charge in [-0.3, -0.25) is 0 Å². The Morgan fingerprint density at radius 3 is 1.80 bits per heavy atom. The predicted octanol–water partition coefficient (Wildman–Crippen LogP) is 5.97. The van der Waals surface area contributed by atoms with Crippen molar-refractivity contribution >= 4 is 21.4 Å². The van der Waals surface area contributed by atoms with Gasteiger partial charge in [-0.25, -0.2) is 13.1 Å². The van der Waals surface area contributed by atoms with E-state index in [1.165, 1.54) is 4.90 Å². The molecular weight excluding hydrogens is 639 g/mol. The van der Waals surface area contributed by atoms with Gasteiger partial charge >= 0.3 is 18.7 Å². The van der Waals surface area contributed by atoms with E-state index in [-0.39, 0.29) is 18.0 Å². The van der Waals surface area contributed by atoms with Crippen LogP contribution in [0.15, 0.2) is 65.6 Å². The number of nitrogens with one attached hydrogen (secondary N) is 1. The molecule has 3 aromatic carbocycles. The molecule has 2 aliphatic heterocycles. The third-order valence-electron chi connectivity index (χ3n) is 6.71. The molecule has 238 valence electrons. The van der Waals surface area contributed by atoms with E-state index < -0.39 is 86.8 Å². The van der Waals surface area contributed by atoms with Crippen LogP contribution in [0.5, 0.6) is 17.2 Å². The topological polar surface area (TPSA) is 97.3 Å². The molecule has 0 amide bonds. The molecule has 2 aliphatic rings. The van der Waals surface area contributed by atoms with Crippen LogP contribution in [0.4, 0.5) is 50.9 Å². The third kappa shape index (κ3) is 6.52. The summed E-state index contributed by atoms with van der Waals surface area (Å²) in [6.07, 6.45) is -16.3. The van der Waals surface area contributed by atoms with Crippen molar-refractivity contribution in [2.75, 3.05) is 18.1 Å².